The molecule has 4 nitrogen and oxygen atoms in total. The Balaban J connectivity index is 2.02. The molecule has 0 amide bonds. The first-order valence-electron chi connectivity index (χ1n) is 6.39. The van der Waals surface area contributed by atoms with Gasteiger partial charge in [-0.1, -0.05) is 30.3 Å². The molecule has 2 rings (SSSR count). The van der Waals surface area contributed by atoms with Crippen molar-refractivity contribution in [3.63, 3.8) is 0 Å². The van der Waals surface area contributed by atoms with Crippen LogP contribution in [-0.4, -0.2) is 22.7 Å². The monoisotopic (exact) mass is 254 g/mol. The van der Waals surface area contributed by atoms with Crippen molar-refractivity contribution in [3.05, 3.63) is 47.9 Å². The molecule has 19 heavy (non-hydrogen) atoms. The average Bonchev–Trinajstić information content (AvgIpc) is 2.44. The largest absolute Gasteiger partial charge is 0.368 e. The minimum absolute atomic E-state index is 0.793. The maximum Gasteiger partial charge on any atom is 0.155 e. The second-order valence-electron chi connectivity index (χ2n) is 4.21. The van der Waals surface area contributed by atoms with Crippen molar-refractivity contribution in [3.8, 4) is 0 Å². The Hall–Kier alpha value is -2.23. The zero-order chi connectivity index (χ0) is 13.5. The molecule has 4 heteroatoms. The van der Waals surface area contributed by atoms with Crippen LogP contribution in [0.5, 0.6) is 0 Å². The van der Waals surface area contributed by atoms with Crippen LogP contribution in [0.1, 0.15) is 18.2 Å². The highest BCUT2D eigenvalue weighted by Crippen LogP contribution is 2.24. The molecular weight excluding hydrogens is 236 g/mol. The van der Waals surface area contributed by atoms with Crippen LogP contribution < -0.4 is 5.32 Å². The third-order valence-electron chi connectivity index (χ3n) is 2.81. The summed E-state index contributed by atoms with van der Waals surface area (Å²) < 4.78 is 0. The molecule has 0 aliphatic rings. The van der Waals surface area contributed by atoms with Crippen molar-refractivity contribution in [2.45, 2.75) is 20.3 Å². The van der Waals surface area contributed by atoms with Gasteiger partial charge in [0.05, 0.1) is 5.69 Å². The quantitative estimate of drug-likeness (QED) is 0.834. The third-order valence-corrected chi connectivity index (χ3v) is 2.81. The van der Waals surface area contributed by atoms with E-state index in [9.17, 15) is 0 Å². The molecule has 1 aromatic heterocycles. The third kappa shape index (κ3) is 3.61. The van der Waals surface area contributed by atoms with E-state index in [4.69, 9.17) is 0 Å². The van der Waals surface area contributed by atoms with Crippen molar-refractivity contribution in [1.82, 2.24) is 9.97 Å². The number of anilines is 1. The molecule has 2 aromatic rings. The minimum atomic E-state index is 0.793. The molecule has 0 saturated heterocycles. The smallest absolute Gasteiger partial charge is 0.155 e. The normalized spacial score (nSPS) is 10.8. The summed E-state index contributed by atoms with van der Waals surface area (Å²) in [6, 6.07) is 10.4. The van der Waals surface area contributed by atoms with E-state index in [1.165, 1.54) is 5.56 Å². The first kappa shape index (κ1) is 13.2. The lowest BCUT2D eigenvalue weighted by Crippen LogP contribution is -2.07. The highest BCUT2D eigenvalue weighted by molar-refractivity contribution is 5.70. The van der Waals surface area contributed by atoms with Gasteiger partial charge in [0.2, 0.25) is 0 Å². The Morgan fingerprint density at radius 3 is 2.74 bits per heavy atom. The highest BCUT2D eigenvalue weighted by Gasteiger charge is 2.05. The van der Waals surface area contributed by atoms with Crippen molar-refractivity contribution in [2.24, 2.45) is 4.99 Å². The average molecular weight is 254 g/mol. The number of aromatic nitrogens is 2. The van der Waals surface area contributed by atoms with Gasteiger partial charge in [0.25, 0.3) is 0 Å². The number of hydrogen-bond acceptors (Lipinski definition) is 4. The molecule has 98 valence electrons. The van der Waals surface area contributed by atoms with Gasteiger partial charge in [-0.05, 0) is 25.8 Å². The molecule has 0 spiro atoms. The van der Waals surface area contributed by atoms with Gasteiger partial charge in [0.15, 0.2) is 5.82 Å². The maximum atomic E-state index is 4.32. The standard InChI is InChI=1S/C15H18N4/c1-3-16-14-12(2)18-11-19-15(14)17-10-9-13-7-5-4-6-8-13/h3-8,11H,9-10H2,1-2H3,(H,17,18,19). The number of aliphatic imine (C=N–C) groups is 1. The highest BCUT2D eigenvalue weighted by atomic mass is 15.0. The summed E-state index contributed by atoms with van der Waals surface area (Å²) in [5.41, 5.74) is 3.01. The van der Waals surface area contributed by atoms with E-state index in [0.717, 1.165) is 30.2 Å². The topological polar surface area (TPSA) is 50.2 Å². The number of rotatable bonds is 5. The van der Waals surface area contributed by atoms with Gasteiger partial charge in [-0.2, -0.15) is 0 Å². The summed E-state index contributed by atoms with van der Waals surface area (Å²) in [5.74, 6) is 0.793. The summed E-state index contributed by atoms with van der Waals surface area (Å²) in [7, 11) is 0. The molecule has 0 aliphatic carbocycles. The molecule has 0 bridgehead atoms. The molecule has 1 aromatic carbocycles. The SMILES string of the molecule is CC=Nc1c(C)ncnc1NCCc1ccccc1. The molecule has 0 aliphatic heterocycles. The van der Waals surface area contributed by atoms with E-state index < -0.39 is 0 Å². The lowest BCUT2D eigenvalue weighted by molar-refractivity contribution is 0.991. The predicted octanol–water partition coefficient (Wildman–Crippen LogP) is 3.16. The van der Waals surface area contributed by atoms with Crippen LogP contribution in [0, 0.1) is 6.92 Å². The van der Waals surface area contributed by atoms with Gasteiger partial charge in [0, 0.05) is 12.8 Å². The first-order chi connectivity index (χ1) is 9.31. The van der Waals surface area contributed by atoms with Crippen LogP contribution >= 0.6 is 0 Å². The zero-order valence-corrected chi connectivity index (χ0v) is 11.3. The van der Waals surface area contributed by atoms with E-state index >= 15 is 0 Å². The van der Waals surface area contributed by atoms with E-state index in [1.54, 1.807) is 12.5 Å². The van der Waals surface area contributed by atoms with Crippen molar-refractivity contribution < 1.29 is 0 Å². The fourth-order valence-corrected chi connectivity index (χ4v) is 1.85. The first-order valence-corrected chi connectivity index (χ1v) is 6.39. The Kier molecular flexibility index (Phi) is 4.61. The molecule has 0 atom stereocenters. The fourth-order valence-electron chi connectivity index (χ4n) is 1.85. The molecule has 0 unspecified atom stereocenters. The predicted molar refractivity (Wildman–Crippen MR) is 79.2 cm³/mol. The van der Waals surface area contributed by atoms with E-state index in [2.05, 4.69) is 44.5 Å². The van der Waals surface area contributed by atoms with Gasteiger partial charge in [-0.25, -0.2) is 9.97 Å². The van der Waals surface area contributed by atoms with Crippen LogP contribution in [0.4, 0.5) is 11.5 Å². The Morgan fingerprint density at radius 2 is 2.00 bits per heavy atom. The summed E-state index contributed by atoms with van der Waals surface area (Å²) in [6.07, 6.45) is 4.28. The summed E-state index contributed by atoms with van der Waals surface area (Å²) >= 11 is 0. The molecular formula is C15H18N4. The van der Waals surface area contributed by atoms with Crippen LogP contribution in [0.2, 0.25) is 0 Å². The number of nitrogens with zero attached hydrogens (tertiary/aromatic N) is 3. The van der Waals surface area contributed by atoms with Crippen LogP contribution in [0.25, 0.3) is 0 Å². The fraction of sp³-hybridized carbons (Fsp3) is 0.267. The lowest BCUT2D eigenvalue weighted by Gasteiger charge is -2.09. The van der Waals surface area contributed by atoms with E-state index in [1.807, 2.05) is 19.9 Å². The van der Waals surface area contributed by atoms with Crippen molar-refractivity contribution in [2.75, 3.05) is 11.9 Å². The van der Waals surface area contributed by atoms with Gasteiger partial charge in [-0.3, -0.25) is 4.99 Å². The Labute approximate surface area is 113 Å². The Morgan fingerprint density at radius 1 is 1.21 bits per heavy atom. The summed E-state index contributed by atoms with van der Waals surface area (Å²) in [6.45, 7) is 4.65. The van der Waals surface area contributed by atoms with Crippen LogP contribution in [0.3, 0.4) is 0 Å². The zero-order valence-electron chi connectivity index (χ0n) is 11.3. The second-order valence-corrected chi connectivity index (χ2v) is 4.21. The second kappa shape index (κ2) is 6.64. The summed E-state index contributed by atoms with van der Waals surface area (Å²) in [4.78, 5) is 12.7. The van der Waals surface area contributed by atoms with Gasteiger partial charge in [0.1, 0.15) is 12.0 Å². The molecule has 1 heterocycles. The number of hydrogen-bond donors (Lipinski definition) is 1. The molecule has 0 radical (unpaired) electrons. The van der Waals surface area contributed by atoms with E-state index in [0.29, 0.717) is 0 Å². The lowest BCUT2D eigenvalue weighted by atomic mass is 10.1. The van der Waals surface area contributed by atoms with Gasteiger partial charge < -0.3 is 5.32 Å². The van der Waals surface area contributed by atoms with Crippen LogP contribution in [-0.2, 0) is 6.42 Å². The van der Waals surface area contributed by atoms with Gasteiger partial charge in [-0.15, -0.1) is 0 Å². The number of nitrogens with one attached hydrogen (secondary N) is 1. The van der Waals surface area contributed by atoms with E-state index in [-0.39, 0.29) is 0 Å². The molecule has 0 fully saturated rings. The molecule has 1 N–H and O–H groups in total. The number of benzene rings is 1. The van der Waals surface area contributed by atoms with Crippen molar-refractivity contribution >= 4 is 17.7 Å². The maximum absolute atomic E-state index is 4.32. The Bertz CT molecular complexity index is 549. The molecule has 0 saturated carbocycles. The number of aryl methyl sites for hydroxylation is 1. The minimum Gasteiger partial charge on any atom is -0.368 e. The van der Waals surface area contributed by atoms with Gasteiger partial charge >= 0.3 is 0 Å². The van der Waals surface area contributed by atoms with Crippen molar-refractivity contribution in [1.29, 1.82) is 0 Å². The summed E-state index contributed by atoms with van der Waals surface area (Å²) in [5, 5.41) is 3.32. The van der Waals surface area contributed by atoms with Crippen LogP contribution in [0.15, 0.2) is 41.7 Å².